The van der Waals surface area contributed by atoms with E-state index in [1.165, 1.54) is 12.8 Å². The summed E-state index contributed by atoms with van der Waals surface area (Å²) < 4.78 is 5.93. The van der Waals surface area contributed by atoms with Crippen molar-refractivity contribution in [2.45, 2.75) is 38.7 Å². The van der Waals surface area contributed by atoms with E-state index in [0.29, 0.717) is 11.6 Å². The van der Waals surface area contributed by atoms with Gasteiger partial charge in [-0.1, -0.05) is 18.5 Å². The first-order valence-corrected chi connectivity index (χ1v) is 6.29. The Morgan fingerprint density at radius 2 is 2.39 bits per heavy atom. The lowest BCUT2D eigenvalue weighted by molar-refractivity contribution is 0.129. The van der Waals surface area contributed by atoms with E-state index < -0.39 is 0 Å². The molecule has 2 rings (SSSR count). The molecule has 1 aliphatic carbocycles. The summed E-state index contributed by atoms with van der Waals surface area (Å²) in [6.07, 6.45) is 6.54. The van der Waals surface area contributed by atoms with Crippen LogP contribution in [0.5, 0.6) is 5.75 Å². The first kappa shape index (κ1) is 12.7. The molecule has 2 unspecified atom stereocenters. The van der Waals surface area contributed by atoms with Crippen molar-refractivity contribution >= 4 is 5.84 Å². The fourth-order valence-electron chi connectivity index (χ4n) is 2.35. The molecule has 1 saturated carbocycles. The molecule has 0 spiro atoms. The van der Waals surface area contributed by atoms with E-state index in [2.05, 4.69) is 17.1 Å². The van der Waals surface area contributed by atoms with Crippen molar-refractivity contribution in [2.24, 2.45) is 16.8 Å². The summed E-state index contributed by atoms with van der Waals surface area (Å²) in [5.74, 6) is 1.44. The van der Waals surface area contributed by atoms with Crippen molar-refractivity contribution in [3.8, 4) is 5.75 Å². The monoisotopic (exact) mass is 249 g/mol. The van der Waals surface area contributed by atoms with Crippen molar-refractivity contribution in [3.05, 3.63) is 24.0 Å². The van der Waals surface area contributed by atoms with Gasteiger partial charge in [-0.2, -0.15) is 0 Å². The van der Waals surface area contributed by atoms with E-state index in [4.69, 9.17) is 15.7 Å². The molecule has 0 aromatic carbocycles. The summed E-state index contributed by atoms with van der Waals surface area (Å²) in [6.45, 7) is 2.25. The molecule has 0 amide bonds. The van der Waals surface area contributed by atoms with Crippen LogP contribution in [-0.4, -0.2) is 22.1 Å². The number of nitrogens with two attached hydrogens (primary N) is 1. The molecule has 2 atom stereocenters. The molecular weight excluding hydrogens is 230 g/mol. The fraction of sp³-hybridized carbons (Fsp3) is 0.538. The lowest BCUT2D eigenvalue weighted by Gasteiger charge is -2.27. The Balaban J connectivity index is 2.05. The van der Waals surface area contributed by atoms with Gasteiger partial charge < -0.3 is 15.7 Å². The standard InChI is InChI=1S/C13H19N3O2/c1-9-3-2-4-10(7-9)18-11-5-6-15-12(8-11)13(14)16-17/h5-6,8-10,17H,2-4,7H2,1H3,(H2,14,16). The molecule has 1 aliphatic rings. The summed E-state index contributed by atoms with van der Waals surface area (Å²) in [5.41, 5.74) is 5.93. The maximum absolute atomic E-state index is 8.62. The Morgan fingerprint density at radius 1 is 1.56 bits per heavy atom. The van der Waals surface area contributed by atoms with E-state index in [9.17, 15) is 0 Å². The van der Waals surface area contributed by atoms with Gasteiger partial charge in [0.15, 0.2) is 5.84 Å². The molecule has 98 valence electrons. The van der Waals surface area contributed by atoms with Gasteiger partial charge in [-0.3, -0.25) is 4.98 Å². The van der Waals surface area contributed by atoms with E-state index >= 15 is 0 Å². The third-order valence-electron chi connectivity index (χ3n) is 3.29. The van der Waals surface area contributed by atoms with E-state index in [0.717, 1.165) is 18.6 Å². The van der Waals surface area contributed by atoms with Gasteiger partial charge in [-0.25, -0.2) is 0 Å². The quantitative estimate of drug-likeness (QED) is 0.372. The van der Waals surface area contributed by atoms with Gasteiger partial charge in [0.2, 0.25) is 0 Å². The zero-order valence-electron chi connectivity index (χ0n) is 10.5. The molecule has 1 aromatic rings. The van der Waals surface area contributed by atoms with E-state index in [-0.39, 0.29) is 11.9 Å². The summed E-state index contributed by atoms with van der Waals surface area (Å²) in [5, 5.41) is 11.6. The zero-order valence-corrected chi connectivity index (χ0v) is 10.5. The first-order valence-electron chi connectivity index (χ1n) is 6.29. The minimum atomic E-state index is -0.00235. The molecular formula is C13H19N3O2. The Kier molecular flexibility index (Phi) is 4.02. The van der Waals surface area contributed by atoms with Gasteiger partial charge in [-0.05, 0) is 31.2 Å². The second-order valence-electron chi connectivity index (χ2n) is 4.87. The molecule has 3 N–H and O–H groups in total. The van der Waals surface area contributed by atoms with Crippen molar-refractivity contribution < 1.29 is 9.94 Å². The highest BCUT2D eigenvalue weighted by Gasteiger charge is 2.20. The maximum Gasteiger partial charge on any atom is 0.188 e. The largest absolute Gasteiger partial charge is 0.490 e. The lowest BCUT2D eigenvalue weighted by Crippen LogP contribution is -2.24. The third-order valence-corrected chi connectivity index (χ3v) is 3.29. The van der Waals surface area contributed by atoms with Crippen LogP contribution in [0.25, 0.3) is 0 Å². The number of pyridine rings is 1. The van der Waals surface area contributed by atoms with Crippen molar-refractivity contribution in [1.29, 1.82) is 0 Å². The van der Waals surface area contributed by atoms with Crippen LogP contribution in [0.4, 0.5) is 0 Å². The fourth-order valence-corrected chi connectivity index (χ4v) is 2.35. The number of ether oxygens (including phenoxy) is 1. The Hall–Kier alpha value is -1.78. The third kappa shape index (κ3) is 3.12. The van der Waals surface area contributed by atoms with Gasteiger partial charge in [0.25, 0.3) is 0 Å². The van der Waals surface area contributed by atoms with Crippen LogP contribution in [0.1, 0.15) is 38.3 Å². The topological polar surface area (TPSA) is 80.7 Å². The molecule has 5 nitrogen and oxygen atoms in total. The van der Waals surface area contributed by atoms with Crippen LogP contribution < -0.4 is 10.5 Å². The van der Waals surface area contributed by atoms with Crippen LogP contribution in [0.15, 0.2) is 23.5 Å². The van der Waals surface area contributed by atoms with Gasteiger partial charge in [0.05, 0.1) is 6.10 Å². The van der Waals surface area contributed by atoms with E-state index in [1.807, 2.05) is 0 Å². The number of amidine groups is 1. The van der Waals surface area contributed by atoms with Gasteiger partial charge in [0.1, 0.15) is 11.4 Å². The summed E-state index contributed by atoms with van der Waals surface area (Å²) >= 11 is 0. The highest BCUT2D eigenvalue weighted by molar-refractivity contribution is 5.95. The Morgan fingerprint density at radius 3 is 3.11 bits per heavy atom. The molecule has 18 heavy (non-hydrogen) atoms. The summed E-state index contributed by atoms with van der Waals surface area (Å²) in [7, 11) is 0. The molecule has 0 bridgehead atoms. The highest BCUT2D eigenvalue weighted by Crippen LogP contribution is 2.27. The molecule has 5 heteroatoms. The predicted molar refractivity (Wildman–Crippen MR) is 68.8 cm³/mol. The van der Waals surface area contributed by atoms with Crippen LogP contribution >= 0.6 is 0 Å². The number of oxime groups is 1. The van der Waals surface area contributed by atoms with Gasteiger partial charge in [-0.15, -0.1) is 0 Å². The second kappa shape index (κ2) is 5.71. The second-order valence-corrected chi connectivity index (χ2v) is 4.87. The van der Waals surface area contributed by atoms with Gasteiger partial charge >= 0.3 is 0 Å². The molecule has 0 saturated heterocycles. The van der Waals surface area contributed by atoms with Crippen molar-refractivity contribution in [2.75, 3.05) is 0 Å². The van der Waals surface area contributed by atoms with Crippen LogP contribution in [0.3, 0.4) is 0 Å². The SMILES string of the molecule is CC1CCCC(Oc2ccnc(C(N)=NO)c2)C1. The number of hydrogen-bond donors (Lipinski definition) is 2. The predicted octanol–water partition coefficient (Wildman–Crippen LogP) is 2.13. The molecule has 1 fully saturated rings. The Labute approximate surface area is 107 Å². The lowest BCUT2D eigenvalue weighted by atomic mass is 9.89. The average Bonchev–Trinajstić information content (AvgIpc) is 2.38. The smallest absolute Gasteiger partial charge is 0.188 e. The van der Waals surface area contributed by atoms with Crippen molar-refractivity contribution in [1.82, 2.24) is 4.98 Å². The van der Waals surface area contributed by atoms with Crippen LogP contribution in [0, 0.1) is 5.92 Å². The molecule has 0 radical (unpaired) electrons. The molecule has 1 aromatic heterocycles. The summed E-state index contributed by atoms with van der Waals surface area (Å²) in [4.78, 5) is 4.02. The average molecular weight is 249 g/mol. The van der Waals surface area contributed by atoms with E-state index in [1.54, 1.807) is 18.3 Å². The first-order chi connectivity index (χ1) is 8.69. The maximum atomic E-state index is 8.62. The minimum Gasteiger partial charge on any atom is -0.490 e. The van der Waals surface area contributed by atoms with Gasteiger partial charge in [0, 0.05) is 12.3 Å². The minimum absolute atomic E-state index is 0.00235. The normalized spacial score (nSPS) is 24.8. The molecule has 1 heterocycles. The highest BCUT2D eigenvalue weighted by atomic mass is 16.5. The summed E-state index contributed by atoms with van der Waals surface area (Å²) in [6, 6.07) is 3.50. The van der Waals surface area contributed by atoms with Crippen molar-refractivity contribution in [3.63, 3.8) is 0 Å². The van der Waals surface area contributed by atoms with Crippen LogP contribution in [0.2, 0.25) is 0 Å². The number of hydrogen-bond acceptors (Lipinski definition) is 4. The number of aromatic nitrogens is 1. The number of rotatable bonds is 3. The zero-order chi connectivity index (χ0) is 13.0. The van der Waals surface area contributed by atoms with Crippen LogP contribution in [-0.2, 0) is 0 Å². The Bertz CT molecular complexity index is 434. The number of nitrogens with zero attached hydrogens (tertiary/aromatic N) is 2. The molecule has 0 aliphatic heterocycles.